The van der Waals surface area contributed by atoms with E-state index in [0.717, 1.165) is 28.3 Å². The van der Waals surface area contributed by atoms with Crippen LogP contribution in [0.25, 0.3) is 22.3 Å². The summed E-state index contributed by atoms with van der Waals surface area (Å²) >= 11 is 0. The summed E-state index contributed by atoms with van der Waals surface area (Å²) in [5, 5.41) is 0. The molecule has 0 fully saturated rings. The third-order valence-corrected chi connectivity index (χ3v) is 3.79. The van der Waals surface area contributed by atoms with Crippen molar-refractivity contribution >= 4 is 0 Å². The van der Waals surface area contributed by atoms with Crippen molar-refractivity contribution in [1.29, 1.82) is 0 Å². The minimum absolute atomic E-state index is 0.587. The standard InChI is InChI=1S/C20H15F3/c1-14-7-9-16(10-8-14)18-12-11-17(20(21,22)23)13-19(18)15-5-3-2-4-6-15/h2-13H,1H3. The molecule has 0 saturated heterocycles. The zero-order valence-corrected chi connectivity index (χ0v) is 12.6. The molecule has 0 atom stereocenters. The van der Waals surface area contributed by atoms with Crippen LogP contribution in [0.3, 0.4) is 0 Å². The molecular weight excluding hydrogens is 297 g/mol. The van der Waals surface area contributed by atoms with Gasteiger partial charge in [0.2, 0.25) is 0 Å². The molecule has 3 aromatic carbocycles. The van der Waals surface area contributed by atoms with Crippen LogP contribution in [0.15, 0.2) is 72.8 Å². The maximum atomic E-state index is 13.1. The molecule has 0 aliphatic heterocycles. The van der Waals surface area contributed by atoms with Crippen LogP contribution in [0.1, 0.15) is 11.1 Å². The van der Waals surface area contributed by atoms with Gasteiger partial charge in [0, 0.05) is 0 Å². The Balaban J connectivity index is 2.21. The zero-order chi connectivity index (χ0) is 16.4. The fourth-order valence-electron chi connectivity index (χ4n) is 2.56. The lowest BCUT2D eigenvalue weighted by molar-refractivity contribution is -0.137. The summed E-state index contributed by atoms with van der Waals surface area (Å²) in [6.07, 6.45) is -4.35. The van der Waals surface area contributed by atoms with Crippen molar-refractivity contribution in [3.05, 3.63) is 83.9 Å². The molecule has 0 heterocycles. The van der Waals surface area contributed by atoms with Gasteiger partial charge in [0.1, 0.15) is 0 Å². The Morgan fingerprint density at radius 2 is 1.26 bits per heavy atom. The van der Waals surface area contributed by atoms with Crippen molar-refractivity contribution in [2.75, 3.05) is 0 Å². The van der Waals surface area contributed by atoms with Crippen LogP contribution in [0.4, 0.5) is 13.2 Å². The summed E-state index contributed by atoms with van der Waals surface area (Å²) < 4.78 is 39.2. The molecule has 0 aliphatic rings. The van der Waals surface area contributed by atoms with Gasteiger partial charge >= 0.3 is 6.18 Å². The SMILES string of the molecule is Cc1ccc(-c2ccc(C(F)(F)F)cc2-c2ccccc2)cc1. The number of halogens is 3. The van der Waals surface area contributed by atoms with Crippen LogP contribution in [0.5, 0.6) is 0 Å². The van der Waals surface area contributed by atoms with Crippen molar-refractivity contribution in [2.45, 2.75) is 13.1 Å². The third kappa shape index (κ3) is 3.29. The minimum atomic E-state index is -4.35. The van der Waals surface area contributed by atoms with Crippen LogP contribution >= 0.6 is 0 Å². The van der Waals surface area contributed by atoms with Gasteiger partial charge in [-0.2, -0.15) is 13.2 Å². The molecule has 0 unspecified atom stereocenters. The predicted molar refractivity (Wildman–Crippen MR) is 87.1 cm³/mol. The Bertz CT molecular complexity index is 801. The Kier molecular flexibility index (Phi) is 3.95. The number of aryl methyl sites for hydroxylation is 1. The van der Waals surface area contributed by atoms with Crippen molar-refractivity contribution in [1.82, 2.24) is 0 Å². The zero-order valence-electron chi connectivity index (χ0n) is 12.6. The van der Waals surface area contributed by atoms with E-state index in [2.05, 4.69) is 0 Å². The molecule has 0 nitrogen and oxygen atoms in total. The Morgan fingerprint density at radius 3 is 1.87 bits per heavy atom. The first-order valence-corrected chi connectivity index (χ1v) is 7.29. The van der Waals surface area contributed by atoms with E-state index >= 15 is 0 Å². The van der Waals surface area contributed by atoms with Gasteiger partial charge in [0.25, 0.3) is 0 Å². The van der Waals surface area contributed by atoms with Crippen LogP contribution in [0.2, 0.25) is 0 Å². The van der Waals surface area contributed by atoms with Gasteiger partial charge in [0.15, 0.2) is 0 Å². The van der Waals surface area contributed by atoms with E-state index in [4.69, 9.17) is 0 Å². The second kappa shape index (κ2) is 5.92. The Morgan fingerprint density at radius 1 is 0.652 bits per heavy atom. The fourth-order valence-corrected chi connectivity index (χ4v) is 2.56. The van der Waals surface area contributed by atoms with Gasteiger partial charge in [-0.1, -0.05) is 66.2 Å². The van der Waals surface area contributed by atoms with Crippen LogP contribution in [-0.4, -0.2) is 0 Å². The van der Waals surface area contributed by atoms with Crippen LogP contribution in [0, 0.1) is 6.92 Å². The molecule has 0 spiro atoms. The maximum Gasteiger partial charge on any atom is 0.416 e. The highest BCUT2D eigenvalue weighted by Crippen LogP contribution is 2.37. The normalized spacial score (nSPS) is 11.5. The number of rotatable bonds is 2. The number of hydrogen-bond donors (Lipinski definition) is 0. The van der Waals surface area contributed by atoms with E-state index in [1.165, 1.54) is 6.07 Å². The lowest BCUT2D eigenvalue weighted by atomic mass is 9.92. The van der Waals surface area contributed by atoms with Gasteiger partial charge in [-0.3, -0.25) is 0 Å². The molecule has 23 heavy (non-hydrogen) atoms. The minimum Gasteiger partial charge on any atom is -0.166 e. The first-order chi connectivity index (χ1) is 10.9. The van der Waals surface area contributed by atoms with Gasteiger partial charge in [-0.25, -0.2) is 0 Å². The largest absolute Gasteiger partial charge is 0.416 e. The van der Waals surface area contributed by atoms with Crippen molar-refractivity contribution in [2.24, 2.45) is 0 Å². The number of benzene rings is 3. The van der Waals surface area contributed by atoms with Gasteiger partial charge in [-0.15, -0.1) is 0 Å². The molecule has 0 aromatic heterocycles. The molecule has 0 amide bonds. The van der Waals surface area contributed by atoms with Gasteiger partial charge < -0.3 is 0 Å². The highest BCUT2D eigenvalue weighted by atomic mass is 19.4. The molecule has 3 aromatic rings. The van der Waals surface area contributed by atoms with E-state index in [1.54, 1.807) is 6.07 Å². The van der Waals surface area contributed by atoms with Crippen LogP contribution in [-0.2, 0) is 6.18 Å². The van der Waals surface area contributed by atoms with Crippen molar-refractivity contribution in [3.8, 4) is 22.3 Å². The lowest BCUT2D eigenvalue weighted by Gasteiger charge is -2.14. The molecule has 0 aliphatic carbocycles. The van der Waals surface area contributed by atoms with Gasteiger partial charge in [-0.05, 0) is 41.3 Å². The molecule has 116 valence electrons. The monoisotopic (exact) mass is 312 g/mol. The lowest BCUT2D eigenvalue weighted by Crippen LogP contribution is -2.05. The second-order valence-corrected chi connectivity index (χ2v) is 5.49. The first kappa shape index (κ1) is 15.3. The predicted octanol–water partition coefficient (Wildman–Crippen LogP) is 6.35. The number of hydrogen-bond acceptors (Lipinski definition) is 0. The molecule has 3 rings (SSSR count). The average Bonchev–Trinajstić information content (AvgIpc) is 2.55. The molecule has 0 N–H and O–H groups in total. The molecule has 0 radical (unpaired) electrons. The second-order valence-electron chi connectivity index (χ2n) is 5.49. The highest BCUT2D eigenvalue weighted by Gasteiger charge is 2.31. The average molecular weight is 312 g/mol. The van der Waals surface area contributed by atoms with Gasteiger partial charge in [0.05, 0.1) is 5.56 Å². The van der Waals surface area contributed by atoms with Crippen molar-refractivity contribution < 1.29 is 13.2 Å². The van der Waals surface area contributed by atoms with Crippen LogP contribution < -0.4 is 0 Å². The quantitative estimate of drug-likeness (QED) is 0.517. The maximum absolute atomic E-state index is 13.1. The molecule has 0 saturated carbocycles. The fraction of sp³-hybridized carbons (Fsp3) is 0.100. The summed E-state index contributed by atoms with van der Waals surface area (Å²) in [6, 6.07) is 20.9. The molecule has 0 bridgehead atoms. The van der Waals surface area contributed by atoms with E-state index in [0.29, 0.717) is 5.56 Å². The third-order valence-electron chi connectivity index (χ3n) is 3.79. The molecular formula is C20H15F3. The molecule has 3 heteroatoms. The van der Waals surface area contributed by atoms with E-state index < -0.39 is 11.7 Å². The summed E-state index contributed by atoms with van der Waals surface area (Å²) in [7, 11) is 0. The van der Waals surface area contributed by atoms with Crippen molar-refractivity contribution in [3.63, 3.8) is 0 Å². The Hall–Kier alpha value is -2.55. The smallest absolute Gasteiger partial charge is 0.166 e. The van der Waals surface area contributed by atoms with E-state index in [1.807, 2.05) is 61.5 Å². The Labute approximate surface area is 133 Å². The topological polar surface area (TPSA) is 0 Å². The highest BCUT2D eigenvalue weighted by molar-refractivity contribution is 5.84. The summed E-state index contributed by atoms with van der Waals surface area (Å²) in [5.74, 6) is 0. The number of alkyl halides is 3. The van der Waals surface area contributed by atoms with E-state index in [-0.39, 0.29) is 0 Å². The van der Waals surface area contributed by atoms with E-state index in [9.17, 15) is 13.2 Å². The first-order valence-electron chi connectivity index (χ1n) is 7.29. The summed E-state index contributed by atoms with van der Waals surface area (Å²) in [5.41, 5.74) is 3.54. The summed E-state index contributed by atoms with van der Waals surface area (Å²) in [6.45, 7) is 1.98. The summed E-state index contributed by atoms with van der Waals surface area (Å²) in [4.78, 5) is 0.